The molecule has 0 unspecified atom stereocenters. The Morgan fingerprint density at radius 1 is 1.38 bits per heavy atom. The van der Waals surface area contributed by atoms with Gasteiger partial charge >= 0.3 is 6.03 Å². The number of fused-ring (bicyclic) bond motifs is 1. The van der Waals surface area contributed by atoms with Gasteiger partial charge in [0, 0.05) is 43.3 Å². The lowest BCUT2D eigenvalue weighted by Crippen LogP contribution is -2.58. The van der Waals surface area contributed by atoms with Gasteiger partial charge in [-0.15, -0.1) is 0 Å². The van der Waals surface area contributed by atoms with Crippen LogP contribution in [0.4, 0.5) is 10.5 Å². The van der Waals surface area contributed by atoms with Gasteiger partial charge in [-0.05, 0) is 37.9 Å². The molecule has 3 heterocycles. The highest BCUT2D eigenvalue weighted by molar-refractivity contribution is 5.90. The van der Waals surface area contributed by atoms with E-state index in [0.717, 1.165) is 30.8 Å². The number of nitrogens with one attached hydrogen (secondary N) is 1. The molecule has 26 heavy (non-hydrogen) atoms. The molecule has 1 aromatic carbocycles. The van der Waals surface area contributed by atoms with Gasteiger partial charge in [-0.1, -0.05) is 24.2 Å². The number of anilines is 1. The number of carbonyl (C=O) groups is 1. The van der Waals surface area contributed by atoms with Crippen molar-refractivity contribution in [2.45, 2.75) is 45.2 Å². The molecule has 4 rings (SSSR count). The summed E-state index contributed by atoms with van der Waals surface area (Å²) in [7, 11) is 0. The van der Waals surface area contributed by atoms with Gasteiger partial charge < -0.3 is 14.7 Å². The summed E-state index contributed by atoms with van der Waals surface area (Å²) in [6.45, 7) is 6.88. The first-order chi connectivity index (χ1) is 12.6. The van der Waals surface area contributed by atoms with Crippen molar-refractivity contribution in [2.24, 2.45) is 0 Å². The normalized spacial score (nSPS) is 23.1. The van der Waals surface area contributed by atoms with Crippen LogP contribution in [-0.2, 0) is 0 Å². The second kappa shape index (κ2) is 7.07. The first kappa shape index (κ1) is 17.0. The van der Waals surface area contributed by atoms with Gasteiger partial charge in [0.2, 0.25) is 11.7 Å². The highest BCUT2D eigenvalue weighted by atomic mass is 16.5. The summed E-state index contributed by atoms with van der Waals surface area (Å²) in [5.41, 5.74) is 1.57. The molecule has 0 saturated carbocycles. The third-order valence-electron chi connectivity index (χ3n) is 5.42. The van der Waals surface area contributed by atoms with E-state index >= 15 is 0 Å². The first-order valence-corrected chi connectivity index (χ1v) is 9.36. The van der Waals surface area contributed by atoms with Gasteiger partial charge in [-0.25, -0.2) is 4.79 Å². The van der Waals surface area contributed by atoms with Gasteiger partial charge in [0.15, 0.2) is 0 Å². The zero-order valence-corrected chi connectivity index (χ0v) is 15.3. The van der Waals surface area contributed by atoms with Crippen molar-refractivity contribution in [1.29, 1.82) is 0 Å². The van der Waals surface area contributed by atoms with Crippen LogP contribution in [0, 0.1) is 6.92 Å². The number of hydrogen-bond acceptors (Lipinski definition) is 5. The van der Waals surface area contributed by atoms with Gasteiger partial charge in [-0.3, -0.25) is 4.90 Å². The monoisotopic (exact) mass is 355 g/mol. The van der Waals surface area contributed by atoms with Crippen molar-refractivity contribution in [3.05, 3.63) is 30.2 Å². The standard InChI is InChI=1S/C19H25N5O2/c1-3-16-11-23-9-5-8-17(23)12-24(16)19(25)21-15-7-4-6-14(10-15)18-20-13(2)26-22-18/h4,6-7,10,16-17H,3,5,8-9,11-12H2,1-2H3,(H,21,25)/t16-,17+/m1/s1. The van der Waals surface area contributed by atoms with Gasteiger partial charge in [0.25, 0.3) is 0 Å². The van der Waals surface area contributed by atoms with Crippen LogP contribution in [0.1, 0.15) is 32.1 Å². The first-order valence-electron chi connectivity index (χ1n) is 9.36. The molecule has 2 atom stereocenters. The molecule has 2 fully saturated rings. The maximum atomic E-state index is 12.9. The van der Waals surface area contributed by atoms with Crippen LogP contribution in [0.15, 0.2) is 28.8 Å². The maximum Gasteiger partial charge on any atom is 0.322 e. The predicted molar refractivity (Wildman–Crippen MR) is 98.9 cm³/mol. The van der Waals surface area contributed by atoms with Crippen LogP contribution >= 0.6 is 0 Å². The van der Waals surface area contributed by atoms with Gasteiger partial charge in [-0.2, -0.15) is 4.98 Å². The minimum absolute atomic E-state index is 0.0233. The van der Waals surface area contributed by atoms with Gasteiger partial charge in [0.1, 0.15) is 0 Å². The molecule has 7 heteroatoms. The summed E-state index contributed by atoms with van der Waals surface area (Å²) in [5, 5.41) is 7.00. The van der Waals surface area contributed by atoms with Crippen molar-refractivity contribution in [3.63, 3.8) is 0 Å². The summed E-state index contributed by atoms with van der Waals surface area (Å²) >= 11 is 0. The number of rotatable bonds is 3. The molecule has 0 bridgehead atoms. The maximum absolute atomic E-state index is 12.9. The van der Waals surface area contributed by atoms with Crippen LogP contribution in [0.2, 0.25) is 0 Å². The second-order valence-corrected chi connectivity index (χ2v) is 7.15. The molecular formula is C19H25N5O2. The fourth-order valence-corrected chi connectivity index (χ4v) is 4.03. The third kappa shape index (κ3) is 3.31. The highest BCUT2D eigenvalue weighted by Crippen LogP contribution is 2.27. The Morgan fingerprint density at radius 3 is 3.04 bits per heavy atom. The van der Waals surface area contributed by atoms with Crippen LogP contribution in [0.3, 0.4) is 0 Å². The number of hydrogen-bond donors (Lipinski definition) is 1. The Hall–Kier alpha value is -2.41. The predicted octanol–water partition coefficient (Wildman–Crippen LogP) is 3.14. The van der Waals surface area contributed by atoms with E-state index in [9.17, 15) is 4.79 Å². The van der Waals surface area contributed by atoms with Crippen LogP contribution in [-0.4, -0.2) is 57.7 Å². The number of aryl methyl sites for hydroxylation is 1. The summed E-state index contributed by atoms with van der Waals surface area (Å²) < 4.78 is 5.04. The lowest BCUT2D eigenvalue weighted by molar-refractivity contribution is 0.0767. The van der Waals surface area contributed by atoms with E-state index in [1.54, 1.807) is 6.92 Å². The average Bonchev–Trinajstić information content (AvgIpc) is 3.29. The van der Waals surface area contributed by atoms with E-state index in [1.165, 1.54) is 19.4 Å². The van der Waals surface area contributed by atoms with Crippen molar-refractivity contribution in [3.8, 4) is 11.4 Å². The topological polar surface area (TPSA) is 74.5 Å². The molecule has 2 amide bonds. The molecule has 7 nitrogen and oxygen atoms in total. The quantitative estimate of drug-likeness (QED) is 0.915. The Kier molecular flexibility index (Phi) is 4.63. The number of aromatic nitrogens is 2. The Labute approximate surface area is 153 Å². The molecule has 2 aliphatic rings. The molecule has 2 aliphatic heterocycles. The number of nitrogens with zero attached hydrogens (tertiary/aromatic N) is 4. The molecule has 0 aliphatic carbocycles. The van der Waals surface area contributed by atoms with Crippen molar-refractivity contribution < 1.29 is 9.32 Å². The third-order valence-corrected chi connectivity index (χ3v) is 5.42. The molecular weight excluding hydrogens is 330 g/mol. The lowest BCUT2D eigenvalue weighted by atomic mass is 10.1. The van der Waals surface area contributed by atoms with E-state index in [0.29, 0.717) is 17.8 Å². The largest absolute Gasteiger partial charge is 0.339 e. The Bertz CT molecular complexity index is 790. The number of amides is 2. The second-order valence-electron chi connectivity index (χ2n) is 7.15. The zero-order chi connectivity index (χ0) is 18.1. The summed E-state index contributed by atoms with van der Waals surface area (Å²) in [5.74, 6) is 1.05. The van der Waals surface area contributed by atoms with Crippen molar-refractivity contribution in [1.82, 2.24) is 19.9 Å². The molecule has 1 aromatic heterocycles. The summed E-state index contributed by atoms with van der Waals surface area (Å²) in [4.78, 5) is 21.7. The van der Waals surface area contributed by atoms with E-state index in [1.807, 2.05) is 29.2 Å². The van der Waals surface area contributed by atoms with Crippen molar-refractivity contribution in [2.75, 3.05) is 25.0 Å². The Balaban J connectivity index is 1.49. The van der Waals surface area contributed by atoms with Gasteiger partial charge in [0.05, 0.1) is 0 Å². The van der Waals surface area contributed by atoms with Crippen LogP contribution in [0.25, 0.3) is 11.4 Å². The summed E-state index contributed by atoms with van der Waals surface area (Å²) in [6, 6.07) is 8.33. The SMILES string of the molecule is CC[C@@H]1CN2CCC[C@H]2CN1C(=O)Nc1cccc(-c2noc(C)n2)c1. The minimum Gasteiger partial charge on any atom is -0.339 e. The number of urea groups is 1. The lowest BCUT2D eigenvalue weighted by Gasteiger charge is -2.43. The molecule has 0 spiro atoms. The minimum atomic E-state index is -0.0233. The fraction of sp³-hybridized carbons (Fsp3) is 0.526. The van der Waals surface area contributed by atoms with Crippen LogP contribution < -0.4 is 5.32 Å². The summed E-state index contributed by atoms with van der Waals surface area (Å²) in [6.07, 6.45) is 3.40. The number of piperazine rings is 1. The molecule has 0 radical (unpaired) electrons. The Morgan fingerprint density at radius 2 is 2.27 bits per heavy atom. The fourth-order valence-electron chi connectivity index (χ4n) is 4.03. The van der Waals surface area contributed by atoms with E-state index in [2.05, 4.69) is 27.3 Å². The number of carbonyl (C=O) groups excluding carboxylic acids is 1. The molecule has 1 N–H and O–H groups in total. The highest BCUT2D eigenvalue weighted by Gasteiger charge is 2.37. The van der Waals surface area contributed by atoms with E-state index in [-0.39, 0.29) is 12.1 Å². The molecule has 2 saturated heterocycles. The number of benzene rings is 1. The van der Waals surface area contributed by atoms with E-state index in [4.69, 9.17) is 4.52 Å². The zero-order valence-electron chi connectivity index (χ0n) is 15.3. The molecule has 2 aromatic rings. The van der Waals surface area contributed by atoms with Crippen LogP contribution in [0.5, 0.6) is 0 Å². The smallest absolute Gasteiger partial charge is 0.322 e. The molecule has 138 valence electrons. The van der Waals surface area contributed by atoms with Crippen molar-refractivity contribution >= 4 is 11.7 Å². The van der Waals surface area contributed by atoms with E-state index < -0.39 is 0 Å². The average molecular weight is 355 g/mol.